The fourth-order valence-electron chi connectivity index (χ4n) is 1.35. The number of nitrogens with zero attached hydrogens (tertiary/aromatic N) is 1. The van der Waals surface area contributed by atoms with Crippen LogP contribution in [0.2, 0.25) is 0 Å². The molecule has 2 aromatic rings. The molecule has 1 heterocycles. The summed E-state index contributed by atoms with van der Waals surface area (Å²) in [5.74, 6) is -0.487. The number of hydrogen-bond donors (Lipinski definition) is 1. The third-order valence-electron chi connectivity index (χ3n) is 2.15. The van der Waals surface area contributed by atoms with Crippen molar-refractivity contribution in [1.82, 2.24) is 4.98 Å². The summed E-state index contributed by atoms with van der Waals surface area (Å²) in [6.45, 7) is 0.0108. The zero-order valence-electron chi connectivity index (χ0n) is 8.02. The highest BCUT2D eigenvalue weighted by atomic mass is 19.1. The first-order valence-electron chi connectivity index (χ1n) is 4.62. The van der Waals surface area contributed by atoms with Crippen molar-refractivity contribution >= 4 is 0 Å². The van der Waals surface area contributed by atoms with Gasteiger partial charge in [0.15, 0.2) is 0 Å². The molecule has 0 aliphatic heterocycles. The Balaban J connectivity index is 2.37. The summed E-state index contributed by atoms with van der Waals surface area (Å²) >= 11 is 0. The third kappa shape index (κ3) is 2.19. The van der Waals surface area contributed by atoms with E-state index in [9.17, 15) is 4.39 Å². The molecule has 0 amide bonds. The van der Waals surface area contributed by atoms with Crippen LogP contribution < -0.4 is 0 Å². The van der Waals surface area contributed by atoms with E-state index in [0.717, 1.165) is 11.1 Å². The average molecular weight is 203 g/mol. The van der Waals surface area contributed by atoms with Gasteiger partial charge in [-0.25, -0.2) is 4.98 Å². The van der Waals surface area contributed by atoms with Gasteiger partial charge in [0.25, 0.3) is 0 Å². The summed E-state index contributed by atoms with van der Waals surface area (Å²) in [5, 5.41) is 8.87. The first-order chi connectivity index (χ1) is 7.29. The van der Waals surface area contributed by atoms with Crippen LogP contribution in [0.1, 0.15) is 5.56 Å². The molecule has 1 N–H and O–H groups in total. The monoisotopic (exact) mass is 203 g/mol. The zero-order chi connectivity index (χ0) is 10.7. The second-order valence-corrected chi connectivity index (χ2v) is 3.20. The Bertz CT molecular complexity index is 453. The summed E-state index contributed by atoms with van der Waals surface area (Å²) in [6, 6.07) is 11.9. The highest BCUT2D eigenvalue weighted by molar-refractivity contribution is 5.59. The fraction of sp³-hybridized carbons (Fsp3) is 0.0833. The van der Waals surface area contributed by atoms with E-state index in [-0.39, 0.29) is 6.61 Å². The van der Waals surface area contributed by atoms with Crippen LogP contribution in [0.25, 0.3) is 11.3 Å². The molecule has 3 heteroatoms. The highest BCUT2D eigenvalue weighted by Crippen LogP contribution is 2.17. The summed E-state index contributed by atoms with van der Waals surface area (Å²) in [6.07, 6.45) is 0. The Morgan fingerprint density at radius 3 is 2.40 bits per heavy atom. The van der Waals surface area contributed by atoms with Crippen LogP contribution >= 0.6 is 0 Å². The molecule has 0 aliphatic carbocycles. The number of aliphatic hydroxyl groups excluding tert-OH is 1. The lowest BCUT2D eigenvalue weighted by Gasteiger charge is -2.01. The predicted molar refractivity (Wildman–Crippen MR) is 55.6 cm³/mol. The largest absolute Gasteiger partial charge is 0.392 e. The lowest BCUT2D eigenvalue weighted by atomic mass is 10.1. The second-order valence-electron chi connectivity index (χ2n) is 3.20. The van der Waals surface area contributed by atoms with E-state index in [1.807, 2.05) is 12.1 Å². The number of aromatic nitrogens is 1. The summed E-state index contributed by atoms with van der Waals surface area (Å²) < 4.78 is 12.8. The molecule has 1 aromatic heterocycles. The fourth-order valence-corrected chi connectivity index (χ4v) is 1.35. The van der Waals surface area contributed by atoms with E-state index in [1.165, 1.54) is 6.07 Å². The van der Waals surface area contributed by atoms with Crippen molar-refractivity contribution in [2.75, 3.05) is 0 Å². The molecule has 2 rings (SSSR count). The molecule has 0 saturated heterocycles. The van der Waals surface area contributed by atoms with Gasteiger partial charge in [0.1, 0.15) is 0 Å². The minimum Gasteiger partial charge on any atom is -0.392 e. The van der Waals surface area contributed by atoms with Crippen LogP contribution in [0.4, 0.5) is 4.39 Å². The first-order valence-corrected chi connectivity index (χ1v) is 4.62. The van der Waals surface area contributed by atoms with Crippen LogP contribution in [-0.2, 0) is 6.61 Å². The first kappa shape index (κ1) is 9.80. The van der Waals surface area contributed by atoms with Gasteiger partial charge in [0.2, 0.25) is 5.95 Å². The Kier molecular flexibility index (Phi) is 2.74. The Hall–Kier alpha value is -1.74. The molecule has 0 bridgehead atoms. The molecule has 76 valence electrons. The maximum atomic E-state index is 12.8. The van der Waals surface area contributed by atoms with E-state index in [0.29, 0.717) is 5.69 Å². The summed E-state index contributed by atoms with van der Waals surface area (Å²) in [4.78, 5) is 3.77. The van der Waals surface area contributed by atoms with Gasteiger partial charge in [-0.3, -0.25) is 0 Å². The zero-order valence-corrected chi connectivity index (χ0v) is 8.02. The van der Waals surface area contributed by atoms with Crippen molar-refractivity contribution in [3.05, 3.63) is 54.0 Å². The van der Waals surface area contributed by atoms with Gasteiger partial charge < -0.3 is 5.11 Å². The van der Waals surface area contributed by atoms with Crippen LogP contribution in [-0.4, -0.2) is 10.1 Å². The van der Waals surface area contributed by atoms with Crippen LogP contribution in [0, 0.1) is 5.95 Å². The lowest BCUT2D eigenvalue weighted by molar-refractivity contribution is 0.282. The van der Waals surface area contributed by atoms with Gasteiger partial charge >= 0.3 is 0 Å². The minimum absolute atomic E-state index is 0.0108. The summed E-state index contributed by atoms with van der Waals surface area (Å²) in [5.41, 5.74) is 2.27. The molecule has 0 unspecified atom stereocenters. The molecule has 0 saturated carbocycles. The summed E-state index contributed by atoms with van der Waals surface area (Å²) in [7, 11) is 0. The standard InChI is InChI=1S/C12H10FNO/c13-12-3-1-2-11(14-12)10-6-4-9(8-15)5-7-10/h1-7,15H,8H2. The number of halogens is 1. The van der Waals surface area contributed by atoms with E-state index >= 15 is 0 Å². The van der Waals surface area contributed by atoms with Gasteiger partial charge in [-0.2, -0.15) is 4.39 Å². The minimum atomic E-state index is -0.487. The number of benzene rings is 1. The molecule has 2 nitrogen and oxygen atoms in total. The SMILES string of the molecule is OCc1ccc(-c2cccc(F)n2)cc1. The van der Waals surface area contributed by atoms with Crippen molar-refractivity contribution in [1.29, 1.82) is 0 Å². The molecule has 1 aromatic carbocycles. The Morgan fingerprint density at radius 1 is 1.07 bits per heavy atom. The van der Waals surface area contributed by atoms with E-state index in [4.69, 9.17) is 5.11 Å². The third-order valence-corrected chi connectivity index (χ3v) is 2.15. The number of rotatable bonds is 2. The van der Waals surface area contributed by atoms with Gasteiger partial charge in [0, 0.05) is 5.56 Å². The molecule has 0 spiro atoms. The predicted octanol–water partition coefficient (Wildman–Crippen LogP) is 2.38. The molecule has 0 fully saturated rings. The molecular formula is C12H10FNO. The van der Waals surface area contributed by atoms with Crippen LogP contribution in [0.15, 0.2) is 42.5 Å². The number of hydrogen-bond acceptors (Lipinski definition) is 2. The van der Waals surface area contributed by atoms with Crippen molar-refractivity contribution in [2.45, 2.75) is 6.61 Å². The Morgan fingerprint density at radius 2 is 1.80 bits per heavy atom. The van der Waals surface area contributed by atoms with Crippen molar-refractivity contribution < 1.29 is 9.50 Å². The van der Waals surface area contributed by atoms with Gasteiger partial charge in [-0.15, -0.1) is 0 Å². The van der Waals surface area contributed by atoms with Gasteiger partial charge in [-0.05, 0) is 17.7 Å². The molecule has 0 atom stereocenters. The maximum absolute atomic E-state index is 12.8. The second kappa shape index (κ2) is 4.19. The van der Waals surface area contributed by atoms with Crippen molar-refractivity contribution in [2.24, 2.45) is 0 Å². The Labute approximate surface area is 87.0 Å². The molecule has 0 radical (unpaired) electrons. The number of aliphatic hydroxyl groups is 1. The van der Waals surface area contributed by atoms with Crippen molar-refractivity contribution in [3.63, 3.8) is 0 Å². The normalized spacial score (nSPS) is 10.3. The highest BCUT2D eigenvalue weighted by Gasteiger charge is 2.00. The van der Waals surface area contributed by atoms with Crippen LogP contribution in [0.3, 0.4) is 0 Å². The quantitative estimate of drug-likeness (QED) is 0.760. The average Bonchev–Trinajstić information content (AvgIpc) is 2.29. The van der Waals surface area contributed by atoms with Crippen LogP contribution in [0.5, 0.6) is 0 Å². The van der Waals surface area contributed by atoms with E-state index in [2.05, 4.69) is 4.98 Å². The molecule has 15 heavy (non-hydrogen) atoms. The van der Waals surface area contributed by atoms with Gasteiger partial charge in [-0.1, -0.05) is 30.3 Å². The van der Waals surface area contributed by atoms with Crippen molar-refractivity contribution in [3.8, 4) is 11.3 Å². The topological polar surface area (TPSA) is 33.1 Å². The van der Waals surface area contributed by atoms with E-state index < -0.39 is 5.95 Å². The molecular weight excluding hydrogens is 193 g/mol. The lowest BCUT2D eigenvalue weighted by Crippen LogP contribution is -1.88. The smallest absolute Gasteiger partial charge is 0.213 e. The van der Waals surface area contributed by atoms with E-state index in [1.54, 1.807) is 24.3 Å². The van der Waals surface area contributed by atoms with Gasteiger partial charge in [0.05, 0.1) is 12.3 Å². The maximum Gasteiger partial charge on any atom is 0.213 e. The molecule has 0 aliphatic rings. The number of pyridine rings is 1.